The van der Waals surface area contributed by atoms with Gasteiger partial charge in [0.2, 0.25) is 5.91 Å². The highest BCUT2D eigenvalue weighted by molar-refractivity contribution is 6.38. The van der Waals surface area contributed by atoms with Crippen molar-refractivity contribution in [3.63, 3.8) is 0 Å². The second-order valence-electron chi connectivity index (χ2n) is 3.28. The van der Waals surface area contributed by atoms with Crippen LogP contribution in [0.4, 0.5) is 5.69 Å². The van der Waals surface area contributed by atoms with Crippen LogP contribution in [0, 0.1) is 5.41 Å². The molecule has 7 heteroatoms. The molecule has 1 rings (SSSR count). The Hall–Kier alpha value is -1.46. The third kappa shape index (κ3) is 3.51. The number of carbonyl (C=O) groups is 1. The van der Waals surface area contributed by atoms with E-state index in [2.05, 4.69) is 10.6 Å². The van der Waals surface area contributed by atoms with Crippen molar-refractivity contribution in [2.24, 2.45) is 5.73 Å². The highest BCUT2D eigenvalue weighted by Gasteiger charge is 2.14. The first-order valence-corrected chi connectivity index (χ1v) is 5.49. The summed E-state index contributed by atoms with van der Waals surface area (Å²) in [6, 6.07) is 3.37. The zero-order chi connectivity index (χ0) is 13.0. The second-order valence-corrected chi connectivity index (χ2v) is 4.06. The molecule has 0 atom stereocenters. The number of hydrogen-bond donors (Lipinski definition) is 4. The molecule has 0 spiro atoms. The van der Waals surface area contributed by atoms with E-state index < -0.39 is 11.9 Å². The Kier molecular flexibility index (Phi) is 4.60. The van der Waals surface area contributed by atoms with Crippen LogP contribution in [0.3, 0.4) is 0 Å². The van der Waals surface area contributed by atoms with Gasteiger partial charge < -0.3 is 11.1 Å². The first-order chi connectivity index (χ1) is 7.95. The minimum Gasteiger partial charge on any atom is -0.387 e. The Labute approximate surface area is 109 Å². The van der Waals surface area contributed by atoms with Crippen molar-refractivity contribution in [2.45, 2.75) is 6.42 Å². The molecule has 0 fully saturated rings. The van der Waals surface area contributed by atoms with Crippen molar-refractivity contribution >= 4 is 40.8 Å². The zero-order valence-electron chi connectivity index (χ0n) is 9.10. The lowest BCUT2D eigenvalue weighted by atomic mass is 10.1. The number of amides is 1. The van der Waals surface area contributed by atoms with E-state index in [1.807, 2.05) is 0 Å². The molecule has 1 aromatic rings. The van der Waals surface area contributed by atoms with Crippen molar-refractivity contribution in [1.82, 2.24) is 5.32 Å². The number of anilines is 1. The van der Waals surface area contributed by atoms with Crippen molar-refractivity contribution in [3.8, 4) is 0 Å². The Morgan fingerprint density at radius 1 is 1.47 bits per heavy atom. The summed E-state index contributed by atoms with van der Waals surface area (Å²) >= 11 is 12.0. The Balaban J connectivity index is 2.97. The van der Waals surface area contributed by atoms with E-state index in [9.17, 15) is 4.79 Å². The fourth-order valence-electron chi connectivity index (χ4n) is 1.31. The minimum atomic E-state index is -0.436. The smallest absolute Gasteiger partial charge is 0.231 e. The van der Waals surface area contributed by atoms with Gasteiger partial charge in [0.1, 0.15) is 0 Å². The predicted molar refractivity (Wildman–Crippen MR) is 69.8 cm³/mol. The molecule has 1 amide bonds. The molecule has 0 aliphatic heterocycles. The van der Waals surface area contributed by atoms with E-state index in [4.69, 9.17) is 34.3 Å². The molecule has 0 unspecified atom stereocenters. The number of halogens is 2. The molecule has 17 heavy (non-hydrogen) atoms. The lowest BCUT2D eigenvalue weighted by Crippen LogP contribution is -2.36. The molecule has 92 valence electrons. The molecule has 0 aliphatic carbocycles. The standard InChI is InChI=1S/C10H12Cl2N4O/c1-15-7-3-2-6(11)5(9(7)12)4-8(17)16-10(13)14/h2-3,15H,4H2,1H3,(H4,13,14,16,17). The van der Waals surface area contributed by atoms with Gasteiger partial charge in [-0.2, -0.15) is 0 Å². The molecule has 0 radical (unpaired) electrons. The van der Waals surface area contributed by atoms with Crippen molar-refractivity contribution in [1.29, 1.82) is 5.41 Å². The quantitative estimate of drug-likeness (QED) is 0.498. The normalized spacial score (nSPS) is 9.82. The lowest BCUT2D eigenvalue weighted by molar-refractivity contribution is -0.119. The number of carbonyl (C=O) groups excluding carboxylic acids is 1. The summed E-state index contributed by atoms with van der Waals surface area (Å²) in [5.74, 6) is -0.846. The van der Waals surface area contributed by atoms with E-state index in [0.29, 0.717) is 21.3 Å². The van der Waals surface area contributed by atoms with Crippen LogP contribution in [0.2, 0.25) is 10.0 Å². The molecule has 5 N–H and O–H groups in total. The van der Waals surface area contributed by atoms with Crippen LogP contribution in [0.25, 0.3) is 0 Å². The van der Waals surface area contributed by atoms with Gasteiger partial charge in [-0.25, -0.2) is 0 Å². The van der Waals surface area contributed by atoms with Crippen LogP contribution < -0.4 is 16.4 Å². The number of nitrogens with one attached hydrogen (secondary N) is 3. The summed E-state index contributed by atoms with van der Waals surface area (Å²) in [4.78, 5) is 11.5. The number of nitrogens with two attached hydrogens (primary N) is 1. The van der Waals surface area contributed by atoms with E-state index in [0.717, 1.165) is 0 Å². The fourth-order valence-corrected chi connectivity index (χ4v) is 1.91. The SMILES string of the molecule is CNc1ccc(Cl)c(CC(=O)NC(=N)N)c1Cl. The molecular formula is C10H12Cl2N4O. The topological polar surface area (TPSA) is 91.0 Å². The third-order valence-corrected chi connectivity index (χ3v) is 2.85. The van der Waals surface area contributed by atoms with Crippen LogP contribution in [0.5, 0.6) is 0 Å². The average molecular weight is 275 g/mol. The zero-order valence-corrected chi connectivity index (χ0v) is 10.6. The van der Waals surface area contributed by atoms with Crippen molar-refractivity contribution in [2.75, 3.05) is 12.4 Å². The maximum atomic E-state index is 11.5. The van der Waals surface area contributed by atoms with Gasteiger partial charge in [0, 0.05) is 17.6 Å². The average Bonchev–Trinajstić information content (AvgIpc) is 2.23. The van der Waals surface area contributed by atoms with E-state index in [-0.39, 0.29) is 6.42 Å². The Bertz CT molecular complexity index is 462. The molecule has 5 nitrogen and oxygen atoms in total. The Morgan fingerprint density at radius 2 is 2.12 bits per heavy atom. The predicted octanol–water partition coefficient (Wildman–Crippen LogP) is 1.59. The van der Waals surface area contributed by atoms with E-state index in [1.165, 1.54) is 0 Å². The van der Waals surface area contributed by atoms with E-state index >= 15 is 0 Å². The maximum absolute atomic E-state index is 11.5. The number of benzene rings is 1. The van der Waals surface area contributed by atoms with E-state index in [1.54, 1.807) is 19.2 Å². The van der Waals surface area contributed by atoms with Gasteiger partial charge >= 0.3 is 0 Å². The van der Waals surface area contributed by atoms with Crippen molar-refractivity contribution in [3.05, 3.63) is 27.7 Å². The highest BCUT2D eigenvalue weighted by Crippen LogP contribution is 2.31. The summed E-state index contributed by atoms with van der Waals surface area (Å²) < 4.78 is 0. The molecule has 0 aromatic heterocycles. The van der Waals surface area contributed by atoms with Gasteiger partial charge in [-0.3, -0.25) is 15.5 Å². The van der Waals surface area contributed by atoms with Gasteiger partial charge in [0.05, 0.1) is 17.1 Å². The summed E-state index contributed by atoms with van der Waals surface area (Å²) in [5, 5.41) is 12.8. The van der Waals surface area contributed by atoms with Gasteiger partial charge in [-0.15, -0.1) is 0 Å². The fraction of sp³-hybridized carbons (Fsp3) is 0.200. The van der Waals surface area contributed by atoms with Gasteiger partial charge in [0.25, 0.3) is 0 Å². The molecule has 0 bridgehead atoms. The van der Waals surface area contributed by atoms with Crippen LogP contribution >= 0.6 is 23.2 Å². The second kappa shape index (κ2) is 5.75. The van der Waals surface area contributed by atoms with Crippen LogP contribution in [-0.2, 0) is 11.2 Å². The van der Waals surface area contributed by atoms with Crippen molar-refractivity contribution < 1.29 is 4.79 Å². The number of rotatable bonds is 3. The number of guanidine groups is 1. The molecule has 0 saturated carbocycles. The molecule has 1 aromatic carbocycles. The number of hydrogen-bond acceptors (Lipinski definition) is 3. The van der Waals surface area contributed by atoms with Crippen LogP contribution in [0.15, 0.2) is 12.1 Å². The summed E-state index contributed by atoms with van der Waals surface area (Å²) in [7, 11) is 1.72. The first kappa shape index (κ1) is 13.6. The molecule has 0 aliphatic rings. The molecular weight excluding hydrogens is 263 g/mol. The Morgan fingerprint density at radius 3 is 2.65 bits per heavy atom. The van der Waals surface area contributed by atoms with Gasteiger partial charge in [-0.05, 0) is 12.1 Å². The summed E-state index contributed by atoms with van der Waals surface area (Å²) in [6.07, 6.45) is -0.0350. The molecule has 0 heterocycles. The lowest BCUT2D eigenvalue weighted by Gasteiger charge is -2.11. The van der Waals surface area contributed by atoms with Gasteiger partial charge in [0.15, 0.2) is 5.96 Å². The highest BCUT2D eigenvalue weighted by atomic mass is 35.5. The first-order valence-electron chi connectivity index (χ1n) is 4.74. The summed E-state index contributed by atoms with van der Waals surface area (Å²) in [6.45, 7) is 0. The maximum Gasteiger partial charge on any atom is 0.231 e. The monoisotopic (exact) mass is 274 g/mol. The van der Waals surface area contributed by atoms with Crippen LogP contribution in [-0.4, -0.2) is 18.9 Å². The van der Waals surface area contributed by atoms with Crippen LogP contribution in [0.1, 0.15) is 5.56 Å². The third-order valence-electron chi connectivity index (χ3n) is 2.07. The molecule has 0 saturated heterocycles. The van der Waals surface area contributed by atoms with Gasteiger partial charge in [-0.1, -0.05) is 23.2 Å². The summed E-state index contributed by atoms with van der Waals surface area (Å²) in [5.41, 5.74) is 6.23. The largest absolute Gasteiger partial charge is 0.387 e. The minimum absolute atomic E-state index is 0.0350.